The minimum absolute atomic E-state index is 0.198. The maximum absolute atomic E-state index is 13.7. The fourth-order valence-corrected chi connectivity index (χ4v) is 5.50. The highest BCUT2D eigenvalue weighted by Gasteiger charge is 2.34. The van der Waals surface area contributed by atoms with E-state index in [1.165, 1.54) is 15.9 Å². The standard InChI is InChI=1S/C27H20Cl2N2O4S/c1-3-34-26(33)23-15(2)30-27-31(24(23)19-6-4-5-7-20(19)29)25(32)22(36-27)14-18-12-13-21(35-18)16-8-10-17(28)11-9-16/h4-14,24H,3H2,1-2H3/b22-14-. The number of benzene rings is 2. The van der Waals surface area contributed by atoms with Gasteiger partial charge in [-0.25, -0.2) is 9.79 Å². The molecule has 0 fully saturated rings. The maximum Gasteiger partial charge on any atom is 0.338 e. The Bertz CT molecular complexity index is 1680. The van der Waals surface area contributed by atoms with E-state index in [-0.39, 0.29) is 17.7 Å². The summed E-state index contributed by atoms with van der Waals surface area (Å²) in [4.78, 5) is 31.7. The predicted molar refractivity (Wildman–Crippen MR) is 141 cm³/mol. The van der Waals surface area contributed by atoms with Crippen LogP contribution in [0.25, 0.3) is 17.4 Å². The SMILES string of the molecule is CCOC(=O)C1=C(C)N=c2s/c(=C\c3ccc(-c4ccc(Cl)cc4)o3)c(=O)n2C1c1ccccc1Cl. The van der Waals surface area contributed by atoms with Crippen molar-refractivity contribution in [3.05, 3.63) is 113 Å². The van der Waals surface area contributed by atoms with Gasteiger partial charge < -0.3 is 9.15 Å². The van der Waals surface area contributed by atoms with E-state index in [9.17, 15) is 9.59 Å². The number of ether oxygens (including phenoxy) is 1. The van der Waals surface area contributed by atoms with Crippen molar-refractivity contribution >= 4 is 46.6 Å². The average molecular weight is 539 g/mol. The average Bonchev–Trinajstić information content (AvgIpc) is 3.44. The molecule has 0 saturated carbocycles. The predicted octanol–water partition coefficient (Wildman–Crippen LogP) is 5.37. The van der Waals surface area contributed by atoms with Gasteiger partial charge in [0.15, 0.2) is 4.80 Å². The van der Waals surface area contributed by atoms with Gasteiger partial charge in [0.05, 0.1) is 22.4 Å². The zero-order valence-electron chi connectivity index (χ0n) is 19.3. The highest BCUT2D eigenvalue weighted by Crippen LogP contribution is 2.34. The molecular weight excluding hydrogens is 519 g/mol. The molecule has 5 rings (SSSR count). The Kier molecular flexibility index (Phi) is 6.71. The van der Waals surface area contributed by atoms with Crippen molar-refractivity contribution in [3.8, 4) is 11.3 Å². The third-order valence-corrected chi connectivity index (χ3v) is 7.32. The number of aromatic nitrogens is 1. The summed E-state index contributed by atoms with van der Waals surface area (Å²) >= 11 is 13.7. The van der Waals surface area contributed by atoms with Crippen molar-refractivity contribution < 1.29 is 13.9 Å². The van der Waals surface area contributed by atoms with Crippen molar-refractivity contribution in [2.75, 3.05) is 6.61 Å². The van der Waals surface area contributed by atoms with Gasteiger partial charge in [-0.3, -0.25) is 9.36 Å². The normalized spacial score (nSPS) is 15.6. The van der Waals surface area contributed by atoms with Crippen LogP contribution >= 0.6 is 34.5 Å². The van der Waals surface area contributed by atoms with E-state index in [0.29, 0.717) is 42.2 Å². The molecule has 4 aromatic rings. The van der Waals surface area contributed by atoms with Gasteiger partial charge in [-0.15, -0.1) is 0 Å². The second-order valence-electron chi connectivity index (χ2n) is 8.03. The van der Waals surface area contributed by atoms with Crippen molar-refractivity contribution in [3.63, 3.8) is 0 Å². The Balaban J connectivity index is 1.65. The van der Waals surface area contributed by atoms with Crippen LogP contribution in [0, 0.1) is 0 Å². The summed E-state index contributed by atoms with van der Waals surface area (Å²) in [5.41, 5.74) is 1.95. The number of allylic oxidation sites excluding steroid dienone is 1. The van der Waals surface area contributed by atoms with Crippen molar-refractivity contribution in [2.24, 2.45) is 4.99 Å². The summed E-state index contributed by atoms with van der Waals surface area (Å²) in [6, 6.07) is 17.3. The van der Waals surface area contributed by atoms with Gasteiger partial charge in [0, 0.05) is 21.7 Å². The number of thiazole rings is 1. The monoisotopic (exact) mass is 538 g/mol. The second-order valence-corrected chi connectivity index (χ2v) is 9.89. The Hall–Kier alpha value is -3.39. The van der Waals surface area contributed by atoms with Gasteiger partial charge in [-0.2, -0.15) is 0 Å². The summed E-state index contributed by atoms with van der Waals surface area (Å²) in [5.74, 6) is 0.637. The quantitative estimate of drug-likeness (QED) is 0.320. The first-order valence-electron chi connectivity index (χ1n) is 11.2. The number of hydrogen-bond acceptors (Lipinski definition) is 6. The van der Waals surface area contributed by atoms with E-state index >= 15 is 0 Å². The molecule has 3 heterocycles. The van der Waals surface area contributed by atoms with Crippen LogP contribution in [0.15, 0.2) is 86.1 Å². The molecule has 0 radical (unpaired) electrons. The number of rotatable bonds is 5. The highest BCUT2D eigenvalue weighted by atomic mass is 35.5. The molecule has 36 heavy (non-hydrogen) atoms. The van der Waals surface area contributed by atoms with E-state index in [0.717, 1.165) is 5.56 Å². The van der Waals surface area contributed by atoms with E-state index < -0.39 is 12.0 Å². The topological polar surface area (TPSA) is 73.8 Å². The van der Waals surface area contributed by atoms with Gasteiger partial charge >= 0.3 is 5.97 Å². The van der Waals surface area contributed by atoms with Crippen LogP contribution in [0.2, 0.25) is 10.0 Å². The second kappa shape index (κ2) is 9.93. The summed E-state index contributed by atoms with van der Waals surface area (Å²) in [7, 11) is 0. The number of esters is 1. The highest BCUT2D eigenvalue weighted by molar-refractivity contribution is 7.07. The summed E-state index contributed by atoms with van der Waals surface area (Å²) < 4.78 is 13.2. The Morgan fingerprint density at radius 3 is 2.61 bits per heavy atom. The lowest BCUT2D eigenvalue weighted by Gasteiger charge is -2.25. The smallest absolute Gasteiger partial charge is 0.338 e. The minimum Gasteiger partial charge on any atom is -0.463 e. The molecule has 0 aliphatic carbocycles. The summed E-state index contributed by atoms with van der Waals surface area (Å²) in [5, 5.41) is 1.07. The van der Waals surface area contributed by atoms with Crippen molar-refractivity contribution in [1.29, 1.82) is 0 Å². The number of carbonyl (C=O) groups is 1. The van der Waals surface area contributed by atoms with Gasteiger partial charge in [0.25, 0.3) is 5.56 Å². The molecule has 0 amide bonds. The minimum atomic E-state index is -0.766. The first-order chi connectivity index (χ1) is 17.4. The molecule has 0 spiro atoms. The van der Waals surface area contributed by atoms with Gasteiger partial charge in [-0.1, -0.05) is 52.7 Å². The van der Waals surface area contributed by atoms with E-state index in [2.05, 4.69) is 4.99 Å². The lowest BCUT2D eigenvalue weighted by molar-refractivity contribution is -0.139. The molecule has 0 bridgehead atoms. The zero-order valence-corrected chi connectivity index (χ0v) is 21.7. The third kappa shape index (κ3) is 4.46. The first kappa shape index (κ1) is 24.3. The molecule has 6 nitrogen and oxygen atoms in total. The molecule has 0 N–H and O–H groups in total. The number of fused-ring (bicyclic) bond motifs is 1. The van der Waals surface area contributed by atoms with Crippen LogP contribution in [-0.2, 0) is 9.53 Å². The van der Waals surface area contributed by atoms with Crippen LogP contribution in [0.1, 0.15) is 31.2 Å². The van der Waals surface area contributed by atoms with Gasteiger partial charge in [0.2, 0.25) is 0 Å². The van der Waals surface area contributed by atoms with Crippen LogP contribution in [0.5, 0.6) is 0 Å². The zero-order chi connectivity index (χ0) is 25.4. The lowest BCUT2D eigenvalue weighted by Crippen LogP contribution is -2.40. The maximum atomic E-state index is 13.7. The number of carbonyl (C=O) groups excluding carboxylic acids is 1. The molecule has 2 aromatic heterocycles. The van der Waals surface area contributed by atoms with Crippen molar-refractivity contribution in [1.82, 2.24) is 4.57 Å². The number of nitrogens with zero attached hydrogens (tertiary/aromatic N) is 2. The third-order valence-electron chi connectivity index (χ3n) is 5.75. The summed E-state index contributed by atoms with van der Waals surface area (Å²) in [6.45, 7) is 3.66. The fraction of sp³-hybridized carbons (Fsp3) is 0.148. The number of furan rings is 1. The van der Waals surface area contributed by atoms with Gasteiger partial charge in [-0.05, 0) is 61.9 Å². The number of halogens is 2. The molecule has 1 atom stereocenters. The lowest BCUT2D eigenvalue weighted by atomic mass is 9.96. The molecule has 9 heteroatoms. The van der Waals surface area contributed by atoms with E-state index in [4.69, 9.17) is 32.4 Å². The van der Waals surface area contributed by atoms with Crippen molar-refractivity contribution in [2.45, 2.75) is 19.9 Å². The molecular formula is C27H20Cl2N2O4S. The molecule has 182 valence electrons. The van der Waals surface area contributed by atoms with Gasteiger partial charge in [0.1, 0.15) is 17.6 Å². The van der Waals surface area contributed by atoms with Crippen LogP contribution in [-0.4, -0.2) is 17.1 Å². The van der Waals surface area contributed by atoms with Crippen LogP contribution in [0.4, 0.5) is 0 Å². The molecule has 2 aromatic carbocycles. The number of hydrogen-bond donors (Lipinski definition) is 0. The molecule has 1 unspecified atom stereocenters. The molecule has 0 saturated heterocycles. The largest absolute Gasteiger partial charge is 0.463 e. The Morgan fingerprint density at radius 2 is 1.89 bits per heavy atom. The van der Waals surface area contributed by atoms with Crippen LogP contribution < -0.4 is 14.9 Å². The Morgan fingerprint density at radius 1 is 1.14 bits per heavy atom. The fourth-order valence-electron chi connectivity index (χ4n) is 4.11. The van der Waals surface area contributed by atoms with E-state index in [1.807, 2.05) is 24.3 Å². The first-order valence-corrected chi connectivity index (χ1v) is 12.7. The molecule has 1 aliphatic heterocycles. The van der Waals surface area contributed by atoms with Crippen LogP contribution in [0.3, 0.4) is 0 Å². The van der Waals surface area contributed by atoms with E-state index in [1.54, 1.807) is 56.3 Å². The Labute approximate surface area is 220 Å². The molecule has 1 aliphatic rings. The summed E-state index contributed by atoms with van der Waals surface area (Å²) in [6.07, 6.45) is 1.68.